The van der Waals surface area contributed by atoms with Crippen LogP contribution < -0.4 is 5.32 Å². The third-order valence-electron chi connectivity index (χ3n) is 2.95. The lowest BCUT2D eigenvalue weighted by molar-refractivity contribution is 0.473. The minimum atomic E-state index is 0.652. The molecular formula is C11H18N2S2. The van der Waals surface area contributed by atoms with Gasteiger partial charge in [0.25, 0.3) is 0 Å². The smallest absolute Gasteiger partial charge is 0.183 e. The number of thioether (sulfide) groups is 1. The van der Waals surface area contributed by atoms with E-state index >= 15 is 0 Å². The average Bonchev–Trinajstić information content (AvgIpc) is 2.65. The second-order valence-corrected chi connectivity index (χ2v) is 6.14. The molecule has 0 aliphatic heterocycles. The first-order valence-electron chi connectivity index (χ1n) is 5.49. The first kappa shape index (κ1) is 11.3. The fourth-order valence-electron chi connectivity index (χ4n) is 2.04. The number of rotatable bonds is 3. The van der Waals surface area contributed by atoms with E-state index in [9.17, 15) is 0 Å². The molecule has 0 spiro atoms. The summed E-state index contributed by atoms with van der Waals surface area (Å²) in [7, 11) is 0. The van der Waals surface area contributed by atoms with Crippen LogP contribution in [0.15, 0.2) is 5.38 Å². The Morgan fingerprint density at radius 2 is 2.13 bits per heavy atom. The van der Waals surface area contributed by atoms with Crippen LogP contribution in [0, 0.1) is 6.92 Å². The molecule has 0 aromatic carbocycles. The van der Waals surface area contributed by atoms with Crippen LogP contribution in [0.1, 0.15) is 31.4 Å². The molecule has 0 unspecified atom stereocenters. The summed E-state index contributed by atoms with van der Waals surface area (Å²) in [5.41, 5.74) is 1.13. The van der Waals surface area contributed by atoms with Gasteiger partial charge in [0, 0.05) is 16.7 Å². The molecule has 1 heterocycles. The van der Waals surface area contributed by atoms with Crippen LogP contribution in [0.25, 0.3) is 0 Å². The molecule has 1 aliphatic rings. The van der Waals surface area contributed by atoms with Gasteiger partial charge < -0.3 is 5.32 Å². The molecule has 0 radical (unpaired) electrons. The van der Waals surface area contributed by atoms with Crippen molar-refractivity contribution in [2.75, 3.05) is 11.6 Å². The number of hydrogen-bond acceptors (Lipinski definition) is 4. The van der Waals surface area contributed by atoms with E-state index in [1.807, 2.05) is 18.7 Å². The van der Waals surface area contributed by atoms with E-state index in [-0.39, 0.29) is 0 Å². The molecule has 1 saturated carbocycles. The fraction of sp³-hybridized carbons (Fsp3) is 0.727. The fourth-order valence-corrected chi connectivity index (χ4v) is 3.55. The molecule has 4 heteroatoms. The summed E-state index contributed by atoms with van der Waals surface area (Å²) in [5, 5.41) is 7.64. The minimum absolute atomic E-state index is 0.652. The van der Waals surface area contributed by atoms with Crippen LogP contribution in [0.3, 0.4) is 0 Å². The third kappa shape index (κ3) is 3.11. The zero-order valence-corrected chi connectivity index (χ0v) is 11.0. The van der Waals surface area contributed by atoms with E-state index < -0.39 is 0 Å². The number of aromatic nitrogens is 1. The Labute approximate surface area is 99.9 Å². The van der Waals surface area contributed by atoms with E-state index in [0.717, 1.165) is 16.1 Å². The van der Waals surface area contributed by atoms with Crippen molar-refractivity contribution >= 4 is 28.2 Å². The average molecular weight is 242 g/mol. The monoisotopic (exact) mass is 242 g/mol. The highest BCUT2D eigenvalue weighted by Gasteiger charge is 2.20. The number of thiazole rings is 1. The van der Waals surface area contributed by atoms with Crippen molar-refractivity contribution in [3.05, 3.63) is 11.1 Å². The van der Waals surface area contributed by atoms with Gasteiger partial charge >= 0.3 is 0 Å². The van der Waals surface area contributed by atoms with Gasteiger partial charge in [0.15, 0.2) is 5.13 Å². The molecule has 0 bridgehead atoms. The van der Waals surface area contributed by atoms with Gasteiger partial charge in [-0.3, -0.25) is 0 Å². The molecule has 2 nitrogen and oxygen atoms in total. The van der Waals surface area contributed by atoms with Crippen LogP contribution >= 0.6 is 23.1 Å². The summed E-state index contributed by atoms with van der Waals surface area (Å²) in [6.07, 6.45) is 7.52. The largest absolute Gasteiger partial charge is 0.359 e. The first-order valence-corrected chi connectivity index (χ1v) is 7.66. The molecule has 1 aromatic rings. The van der Waals surface area contributed by atoms with Crippen molar-refractivity contribution in [3.63, 3.8) is 0 Å². The van der Waals surface area contributed by atoms with Crippen LogP contribution in [-0.4, -0.2) is 22.5 Å². The Morgan fingerprint density at radius 3 is 2.67 bits per heavy atom. The molecule has 0 atom stereocenters. The van der Waals surface area contributed by atoms with Gasteiger partial charge in [0.05, 0.1) is 5.69 Å². The lowest BCUT2D eigenvalue weighted by Crippen LogP contribution is -2.26. The van der Waals surface area contributed by atoms with Gasteiger partial charge in [-0.1, -0.05) is 0 Å². The van der Waals surface area contributed by atoms with Crippen LogP contribution in [0.4, 0.5) is 5.13 Å². The first-order chi connectivity index (χ1) is 7.28. The van der Waals surface area contributed by atoms with Crippen LogP contribution in [0.5, 0.6) is 0 Å². The molecule has 1 aromatic heterocycles. The maximum atomic E-state index is 4.45. The van der Waals surface area contributed by atoms with Gasteiger partial charge in [0.1, 0.15) is 0 Å². The number of nitrogens with one attached hydrogen (secondary N) is 1. The SMILES string of the molecule is CSC1CCC(Nc2nc(C)cs2)CC1. The van der Waals surface area contributed by atoms with Gasteiger partial charge in [0.2, 0.25) is 0 Å². The van der Waals surface area contributed by atoms with Crippen molar-refractivity contribution in [2.24, 2.45) is 0 Å². The van der Waals surface area contributed by atoms with Crippen LogP contribution in [0.2, 0.25) is 0 Å². The van der Waals surface area contributed by atoms with Gasteiger partial charge in [-0.05, 0) is 38.9 Å². The predicted molar refractivity (Wildman–Crippen MR) is 70.0 cm³/mol. The van der Waals surface area contributed by atoms with E-state index in [2.05, 4.69) is 21.9 Å². The topological polar surface area (TPSA) is 24.9 Å². The maximum absolute atomic E-state index is 4.45. The van der Waals surface area contributed by atoms with Crippen molar-refractivity contribution < 1.29 is 0 Å². The van der Waals surface area contributed by atoms with Crippen molar-refractivity contribution in [1.29, 1.82) is 0 Å². The summed E-state index contributed by atoms with van der Waals surface area (Å²) in [4.78, 5) is 4.45. The van der Waals surface area contributed by atoms with Crippen molar-refractivity contribution in [2.45, 2.75) is 43.9 Å². The Hall–Kier alpha value is -0.220. The van der Waals surface area contributed by atoms with E-state index in [1.54, 1.807) is 11.3 Å². The quantitative estimate of drug-likeness (QED) is 0.877. The molecule has 15 heavy (non-hydrogen) atoms. The Bertz CT molecular complexity index is 303. The highest BCUT2D eigenvalue weighted by molar-refractivity contribution is 7.99. The maximum Gasteiger partial charge on any atom is 0.183 e. The highest BCUT2D eigenvalue weighted by Crippen LogP contribution is 2.29. The molecule has 0 amide bonds. The molecule has 0 saturated heterocycles. The molecule has 1 aliphatic carbocycles. The number of aryl methyl sites for hydroxylation is 1. The Balaban J connectivity index is 1.82. The van der Waals surface area contributed by atoms with E-state index in [4.69, 9.17) is 0 Å². The normalized spacial score (nSPS) is 26.5. The number of hydrogen-bond donors (Lipinski definition) is 1. The molecular weight excluding hydrogens is 224 g/mol. The Kier molecular flexibility index (Phi) is 3.92. The standard InChI is InChI=1S/C11H18N2S2/c1-8-7-15-11(12-8)13-9-3-5-10(14-2)6-4-9/h7,9-10H,3-6H2,1-2H3,(H,12,13). The summed E-state index contributed by atoms with van der Waals surface area (Å²) in [5.74, 6) is 0. The van der Waals surface area contributed by atoms with Gasteiger partial charge in [-0.2, -0.15) is 11.8 Å². The zero-order valence-electron chi connectivity index (χ0n) is 9.32. The predicted octanol–water partition coefficient (Wildman–Crippen LogP) is 3.54. The van der Waals surface area contributed by atoms with Gasteiger partial charge in [-0.15, -0.1) is 11.3 Å². The van der Waals surface area contributed by atoms with Crippen LogP contribution in [-0.2, 0) is 0 Å². The lowest BCUT2D eigenvalue weighted by atomic mass is 9.95. The van der Waals surface area contributed by atoms with E-state index in [0.29, 0.717) is 6.04 Å². The highest BCUT2D eigenvalue weighted by atomic mass is 32.2. The summed E-state index contributed by atoms with van der Waals surface area (Å²) in [6, 6.07) is 0.652. The molecule has 1 fully saturated rings. The lowest BCUT2D eigenvalue weighted by Gasteiger charge is -2.27. The zero-order chi connectivity index (χ0) is 10.7. The van der Waals surface area contributed by atoms with E-state index in [1.165, 1.54) is 25.7 Å². The molecule has 1 N–H and O–H groups in total. The second kappa shape index (κ2) is 5.21. The molecule has 2 rings (SSSR count). The summed E-state index contributed by atoms with van der Waals surface area (Å²) >= 11 is 3.74. The Morgan fingerprint density at radius 1 is 1.40 bits per heavy atom. The number of nitrogens with zero attached hydrogens (tertiary/aromatic N) is 1. The second-order valence-electron chi connectivity index (χ2n) is 4.15. The van der Waals surface area contributed by atoms with Gasteiger partial charge in [-0.25, -0.2) is 4.98 Å². The third-order valence-corrected chi connectivity index (χ3v) is 4.98. The van der Waals surface area contributed by atoms with Crippen molar-refractivity contribution in [1.82, 2.24) is 4.98 Å². The number of anilines is 1. The van der Waals surface area contributed by atoms with Crippen molar-refractivity contribution in [3.8, 4) is 0 Å². The summed E-state index contributed by atoms with van der Waals surface area (Å²) in [6.45, 7) is 2.05. The minimum Gasteiger partial charge on any atom is -0.359 e. The molecule has 84 valence electrons. The summed E-state index contributed by atoms with van der Waals surface area (Å²) < 4.78 is 0.